The molecule has 0 bridgehead atoms. The summed E-state index contributed by atoms with van der Waals surface area (Å²) in [4.78, 5) is 23.0. The molecule has 0 radical (unpaired) electrons. The van der Waals surface area contributed by atoms with Crippen LogP contribution in [0, 0.1) is 0 Å². The fraction of sp³-hybridized carbons (Fsp3) is 0.818. The predicted octanol–water partition coefficient (Wildman–Crippen LogP) is -0.993. The van der Waals surface area contributed by atoms with Gasteiger partial charge in [-0.2, -0.15) is 0 Å². The summed E-state index contributed by atoms with van der Waals surface area (Å²) in [5.41, 5.74) is 0. The smallest absolute Gasteiger partial charge is 0.237 e. The Bertz CT molecular complexity index is 258. The van der Waals surface area contributed by atoms with Gasteiger partial charge in [-0.3, -0.25) is 14.9 Å². The van der Waals surface area contributed by atoms with Crippen molar-refractivity contribution >= 4 is 11.8 Å². The molecule has 1 aliphatic heterocycles. The van der Waals surface area contributed by atoms with Crippen molar-refractivity contribution in [2.24, 2.45) is 0 Å². The van der Waals surface area contributed by atoms with Gasteiger partial charge in [-0.1, -0.05) is 0 Å². The Balaban J connectivity index is 2.19. The van der Waals surface area contributed by atoms with Crippen molar-refractivity contribution < 1.29 is 14.3 Å². The van der Waals surface area contributed by atoms with Gasteiger partial charge in [0.15, 0.2) is 0 Å². The summed E-state index contributed by atoms with van der Waals surface area (Å²) in [6.07, 6.45) is 2.79. The second-order valence-electron chi connectivity index (χ2n) is 4.06. The highest BCUT2D eigenvalue weighted by Crippen LogP contribution is 2.04. The zero-order valence-corrected chi connectivity index (χ0v) is 10.3. The highest BCUT2D eigenvalue weighted by Gasteiger charge is 2.20. The molecule has 1 heterocycles. The molecule has 1 fully saturated rings. The van der Waals surface area contributed by atoms with E-state index < -0.39 is 0 Å². The van der Waals surface area contributed by atoms with Gasteiger partial charge in [0.2, 0.25) is 11.8 Å². The summed E-state index contributed by atoms with van der Waals surface area (Å²) < 4.78 is 4.82. The lowest BCUT2D eigenvalue weighted by Gasteiger charge is -2.14. The van der Waals surface area contributed by atoms with E-state index >= 15 is 0 Å². The summed E-state index contributed by atoms with van der Waals surface area (Å²) in [6, 6.07) is -0.245. The molecule has 1 atom stereocenters. The van der Waals surface area contributed by atoms with E-state index in [-0.39, 0.29) is 24.4 Å². The second kappa shape index (κ2) is 8.03. The molecule has 0 aromatic heterocycles. The monoisotopic (exact) mass is 243 g/mol. The lowest BCUT2D eigenvalue weighted by Crippen LogP contribution is -2.46. The van der Waals surface area contributed by atoms with Gasteiger partial charge >= 0.3 is 0 Å². The summed E-state index contributed by atoms with van der Waals surface area (Å²) in [7, 11) is 1.58. The number of rotatable bonds is 6. The zero-order valence-electron chi connectivity index (χ0n) is 10.3. The van der Waals surface area contributed by atoms with Gasteiger partial charge in [0, 0.05) is 20.2 Å². The van der Waals surface area contributed by atoms with Gasteiger partial charge in [-0.15, -0.1) is 0 Å². The molecular weight excluding hydrogens is 222 g/mol. The minimum absolute atomic E-state index is 0.00723. The van der Waals surface area contributed by atoms with Crippen molar-refractivity contribution in [1.29, 1.82) is 0 Å². The lowest BCUT2D eigenvalue weighted by molar-refractivity contribution is -0.123. The first-order valence-electron chi connectivity index (χ1n) is 6.00. The zero-order chi connectivity index (χ0) is 12.5. The van der Waals surface area contributed by atoms with E-state index in [2.05, 4.69) is 16.0 Å². The van der Waals surface area contributed by atoms with Crippen LogP contribution in [0.4, 0.5) is 0 Å². The molecule has 0 aromatic rings. The highest BCUT2D eigenvalue weighted by molar-refractivity contribution is 5.83. The van der Waals surface area contributed by atoms with Crippen molar-refractivity contribution in [3.8, 4) is 0 Å². The van der Waals surface area contributed by atoms with Crippen LogP contribution in [0.1, 0.15) is 19.3 Å². The van der Waals surface area contributed by atoms with E-state index in [0.717, 1.165) is 25.8 Å². The Morgan fingerprint density at radius 1 is 1.53 bits per heavy atom. The summed E-state index contributed by atoms with van der Waals surface area (Å²) in [5, 5.41) is 8.49. The summed E-state index contributed by atoms with van der Waals surface area (Å²) in [5.74, 6) is -0.119. The number of amides is 2. The Morgan fingerprint density at radius 3 is 3.12 bits per heavy atom. The lowest BCUT2D eigenvalue weighted by atomic mass is 10.1. The van der Waals surface area contributed by atoms with Gasteiger partial charge in [0.1, 0.15) is 0 Å². The average Bonchev–Trinajstić information content (AvgIpc) is 2.52. The third-order valence-corrected chi connectivity index (χ3v) is 2.67. The fourth-order valence-electron chi connectivity index (χ4n) is 1.71. The van der Waals surface area contributed by atoms with E-state index in [0.29, 0.717) is 13.2 Å². The molecule has 3 N–H and O–H groups in total. The van der Waals surface area contributed by atoms with Crippen LogP contribution < -0.4 is 16.0 Å². The summed E-state index contributed by atoms with van der Waals surface area (Å²) >= 11 is 0. The van der Waals surface area contributed by atoms with Gasteiger partial charge in [-0.05, 0) is 19.3 Å². The van der Waals surface area contributed by atoms with Crippen molar-refractivity contribution in [3.05, 3.63) is 0 Å². The van der Waals surface area contributed by atoms with Crippen LogP contribution in [-0.2, 0) is 14.3 Å². The van der Waals surface area contributed by atoms with E-state index in [1.165, 1.54) is 0 Å². The molecule has 98 valence electrons. The van der Waals surface area contributed by atoms with Crippen LogP contribution >= 0.6 is 0 Å². The van der Waals surface area contributed by atoms with E-state index in [9.17, 15) is 9.59 Å². The van der Waals surface area contributed by atoms with Crippen LogP contribution in [-0.4, -0.2) is 51.2 Å². The Morgan fingerprint density at radius 2 is 2.35 bits per heavy atom. The predicted molar refractivity (Wildman–Crippen MR) is 63.5 cm³/mol. The van der Waals surface area contributed by atoms with Crippen LogP contribution in [0.3, 0.4) is 0 Å². The van der Waals surface area contributed by atoms with Crippen LogP contribution in [0.25, 0.3) is 0 Å². The molecule has 1 aliphatic rings. The number of hydrogen-bond donors (Lipinski definition) is 3. The van der Waals surface area contributed by atoms with Gasteiger partial charge in [0.25, 0.3) is 0 Å². The third-order valence-electron chi connectivity index (χ3n) is 2.67. The molecule has 17 heavy (non-hydrogen) atoms. The van der Waals surface area contributed by atoms with E-state index in [4.69, 9.17) is 4.74 Å². The van der Waals surface area contributed by atoms with Crippen LogP contribution in [0.15, 0.2) is 0 Å². The molecule has 6 nitrogen and oxygen atoms in total. The highest BCUT2D eigenvalue weighted by atomic mass is 16.5. The fourth-order valence-corrected chi connectivity index (χ4v) is 1.71. The normalized spacial score (nSPS) is 20.5. The molecule has 6 heteroatoms. The minimum Gasteiger partial charge on any atom is -0.383 e. The molecule has 0 spiro atoms. The van der Waals surface area contributed by atoms with Crippen molar-refractivity contribution in [3.63, 3.8) is 0 Å². The van der Waals surface area contributed by atoms with Gasteiger partial charge in [0.05, 0.1) is 19.2 Å². The molecule has 1 saturated heterocycles. The number of hydrogen-bond acceptors (Lipinski definition) is 4. The van der Waals surface area contributed by atoms with Crippen molar-refractivity contribution in [1.82, 2.24) is 16.0 Å². The standard InChI is InChI=1S/C11H21N3O3/c1-17-7-6-12-10(15)8-14-9-4-2-3-5-13-11(9)16/h9,14H,2-8H2,1H3,(H,12,15)(H,13,16). The maximum absolute atomic E-state index is 11.6. The molecule has 0 saturated carbocycles. The first kappa shape index (κ1) is 13.9. The first-order valence-corrected chi connectivity index (χ1v) is 6.00. The Kier molecular flexibility index (Phi) is 6.57. The molecule has 2 amide bonds. The van der Waals surface area contributed by atoms with Crippen LogP contribution in [0.2, 0.25) is 0 Å². The quantitative estimate of drug-likeness (QED) is 0.523. The number of carbonyl (C=O) groups excluding carboxylic acids is 2. The SMILES string of the molecule is COCCNC(=O)CNC1CCCCNC1=O. The summed E-state index contributed by atoms with van der Waals surface area (Å²) in [6.45, 7) is 1.89. The topological polar surface area (TPSA) is 79.5 Å². The molecule has 0 aliphatic carbocycles. The number of nitrogens with one attached hydrogen (secondary N) is 3. The molecule has 1 unspecified atom stereocenters. The Hall–Kier alpha value is -1.14. The first-order chi connectivity index (χ1) is 8.24. The molecule has 1 rings (SSSR count). The number of carbonyl (C=O) groups is 2. The number of methoxy groups -OCH3 is 1. The maximum Gasteiger partial charge on any atom is 0.237 e. The average molecular weight is 243 g/mol. The Labute approximate surface area is 101 Å². The second-order valence-corrected chi connectivity index (χ2v) is 4.06. The molecular formula is C11H21N3O3. The van der Waals surface area contributed by atoms with E-state index in [1.54, 1.807) is 7.11 Å². The van der Waals surface area contributed by atoms with E-state index in [1.807, 2.05) is 0 Å². The maximum atomic E-state index is 11.6. The minimum atomic E-state index is -0.245. The number of ether oxygens (including phenoxy) is 1. The van der Waals surface area contributed by atoms with Crippen molar-refractivity contribution in [2.75, 3.05) is 33.4 Å². The third kappa shape index (κ3) is 5.65. The molecule has 0 aromatic carbocycles. The van der Waals surface area contributed by atoms with Gasteiger partial charge in [-0.25, -0.2) is 0 Å². The van der Waals surface area contributed by atoms with Crippen LogP contribution in [0.5, 0.6) is 0 Å². The largest absolute Gasteiger partial charge is 0.383 e. The van der Waals surface area contributed by atoms with Crippen molar-refractivity contribution in [2.45, 2.75) is 25.3 Å². The van der Waals surface area contributed by atoms with Gasteiger partial charge < -0.3 is 15.4 Å².